The highest BCUT2D eigenvalue weighted by molar-refractivity contribution is 5.85. The van der Waals surface area contributed by atoms with Gasteiger partial charge in [0.15, 0.2) is 0 Å². The molecule has 4 nitrogen and oxygen atoms in total. The van der Waals surface area contributed by atoms with Crippen molar-refractivity contribution < 1.29 is 0 Å². The summed E-state index contributed by atoms with van der Waals surface area (Å²) in [5.41, 5.74) is 8.13. The normalized spacial score (nSPS) is 22.8. The monoisotopic (exact) mass is 326 g/mol. The molecule has 0 saturated heterocycles. The number of hydrogen-bond acceptors (Lipinski definition) is 4. The summed E-state index contributed by atoms with van der Waals surface area (Å²) in [6.45, 7) is 3.04. The van der Waals surface area contributed by atoms with E-state index in [-0.39, 0.29) is 30.4 Å². The number of nitrogen functional groups attached to an aromatic ring is 1. The Morgan fingerprint density at radius 3 is 2.43 bits per heavy atom. The zero-order valence-electron chi connectivity index (χ0n) is 11.8. The number of aromatic nitrogens is 2. The summed E-state index contributed by atoms with van der Waals surface area (Å²) in [6, 6.07) is 10.7. The summed E-state index contributed by atoms with van der Waals surface area (Å²) in [4.78, 5) is 8.01. The lowest BCUT2D eigenvalue weighted by Gasteiger charge is -2.14. The van der Waals surface area contributed by atoms with Crippen LogP contribution in [-0.4, -0.2) is 15.5 Å². The lowest BCUT2D eigenvalue weighted by Crippen LogP contribution is -2.29. The van der Waals surface area contributed by atoms with Crippen molar-refractivity contribution in [3.05, 3.63) is 53.9 Å². The smallest absolute Gasteiger partial charge is 0.219 e. The number of anilines is 1. The molecule has 0 bridgehead atoms. The van der Waals surface area contributed by atoms with Gasteiger partial charge in [0.05, 0.1) is 0 Å². The second-order valence-electron chi connectivity index (χ2n) is 5.39. The molecule has 1 aliphatic carbocycles. The number of benzene rings is 1. The Kier molecular flexibility index (Phi) is 5.96. The van der Waals surface area contributed by atoms with Gasteiger partial charge in [0, 0.05) is 36.0 Å². The molecule has 2 unspecified atom stereocenters. The predicted molar refractivity (Wildman–Crippen MR) is 90.0 cm³/mol. The standard InChI is InChI=1S/C15H18N4.2ClH/c1-15(7-13(15)12-5-3-2-4-6-12)19-10-11-8-17-14(16)18-9-11;;/h2-6,8-9,13,19H,7,10H2,1H3,(H2,16,17,18);2*1H. The average Bonchev–Trinajstić information content (AvgIpc) is 3.12. The molecule has 1 saturated carbocycles. The third kappa shape index (κ3) is 4.06. The second-order valence-corrected chi connectivity index (χ2v) is 5.39. The van der Waals surface area contributed by atoms with Gasteiger partial charge in [0.2, 0.25) is 5.95 Å². The van der Waals surface area contributed by atoms with Gasteiger partial charge in [-0.3, -0.25) is 0 Å². The van der Waals surface area contributed by atoms with Crippen LogP contribution in [0.3, 0.4) is 0 Å². The van der Waals surface area contributed by atoms with Crippen molar-refractivity contribution in [1.82, 2.24) is 15.3 Å². The number of halogens is 2. The molecule has 1 aromatic heterocycles. The summed E-state index contributed by atoms with van der Waals surface area (Å²) in [5.74, 6) is 0.923. The van der Waals surface area contributed by atoms with Gasteiger partial charge in [-0.05, 0) is 18.9 Å². The third-order valence-electron chi connectivity index (χ3n) is 3.86. The van der Waals surface area contributed by atoms with Crippen molar-refractivity contribution in [3.8, 4) is 0 Å². The molecular formula is C15H20Cl2N4. The first kappa shape index (κ1) is 17.7. The Morgan fingerprint density at radius 2 is 1.81 bits per heavy atom. The topological polar surface area (TPSA) is 63.8 Å². The minimum atomic E-state index is 0. The fourth-order valence-corrected chi connectivity index (χ4v) is 2.49. The molecule has 21 heavy (non-hydrogen) atoms. The number of nitrogens with two attached hydrogens (primary N) is 1. The van der Waals surface area contributed by atoms with Crippen molar-refractivity contribution in [3.63, 3.8) is 0 Å². The van der Waals surface area contributed by atoms with Gasteiger partial charge < -0.3 is 11.1 Å². The van der Waals surface area contributed by atoms with E-state index in [0.29, 0.717) is 11.9 Å². The average molecular weight is 327 g/mol. The Bertz CT molecular complexity index is 562. The van der Waals surface area contributed by atoms with Crippen LogP contribution in [0.1, 0.15) is 30.4 Å². The van der Waals surface area contributed by atoms with Crippen molar-refractivity contribution >= 4 is 30.8 Å². The van der Waals surface area contributed by atoms with E-state index in [0.717, 1.165) is 12.1 Å². The highest BCUT2D eigenvalue weighted by Gasteiger charge is 2.50. The maximum absolute atomic E-state index is 5.48. The Hall–Kier alpha value is -1.36. The molecule has 0 aliphatic heterocycles. The Morgan fingerprint density at radius 1 is 1.19 bits per heavy atom. The Balaban J connectivity index is 0.00000110. The van der Waals surface area contributed by atoms with Crippen LogP contribution < -0.4 is 11.1 Å². The fourth-order valence-electron chi connectivity index (χ4n) is 2.49. The van der Waals surface area contributed by atoms with Crippen LogP contribution in [0, 0.1) is 0 Å². The summed E-state index contributed by atoms with van der Waals surface area (Å²) >= 11 is 0. The van der Waals surface area contributed by atoms with Gasteiger partial charge in [-0.2, -0.15) is 0 Å². The van der Waals surface area contributed by atoms with Crippen LogP contribution in [0.4, 0.5) is 5.95 Å². The molecule has 1 aromatic carbocycles. The second kappa shape index (κ2) is 7.07. The largest absolute Gasteiger partial charge is 0.368 e. The Labute approximate surface area is 137 Å². The molecule has 2 atom stereocenters. The maximum atomic E-state index is 5.48. The lowest BCUT2D eigenvalue weighted by molar-refractivity contribution is 0.521. The lowest BCUT2D eigenvalue weighted by atomic mass is 10.1. The predicted octanol–water partition coefficient (Wildman–Crippen LogP) is 2.94. The van der Waals surface area contributed by atoms with Gasteiger partial charge in [-0.1, -0.05) is 30.3 Å². The van der Waals surface area contributed by atoms with Gasteiger partial charge in [-0.25, -0.2) is 9.97 Å². The summed E-state index contributed by atoms with van der Waals surface area (Å²) in [6.07, 6.45) is 4.73. The minimum Gasteiger partial charge on any atom is -0.368 e. The van der Waals surface area contributed by atoms with Crippen molar-refractivity contribution in [1.29, 1.82) is 0 Å². The van der Waals surface area contributed by atoms with Gasteiger partial charge in [-0.15, -0.1) is 24.8 Å². The summed E-state index contributed by atoms with van der Waals surface area (Å²) < 4.78 is 0. The molecule has 1 heterocycles. The first-order valence-electron chi connectivity index (χ1n) is 6.54. The molecule has 0 radical (unpaired) electrons. The third-order valence-corrected chi connectivity index (χ3v) is 3.86. The molecule has 1 fully saturated rings. The van der Waals surface area contributed by atoms with E-state index in [2.05, 4.69) is 52.5 Å². The SMILES string of the molecule is CC1(NCc2cnc(N)nc2)CC1c1ccccc1.Cl.Cl. The van der Waals surface area contributed by atoms with Crippen LogP contribution in [0.5, 0.6) is 0 Å². The molecular weight excluding hydrogens is 307 g/mol. The van der Waals surface area contributed by atoms with Crippen LogP contribution in [0.25, 0.3) is 0 Å². The van der Waals surface area contributed by atoms with Gasteiger partial charge in [0.25, 0.3) is 0 Å². The van der Waals surface area contributed by atoms with E-state index in [1.54, 1.807) is 12.4 Å². The van der Waals surface area contributed by atoms with Crippen LogP contribution in [0.2, 0.25) is 0 Å². The van der Waals surface area contributed by atoms with E-state index in [4.69, 9.17) is 5.73 Å². The highest BCUT2D eigenvalue weighted by atomic mass is 35.5. The molecule has 0 spiro atoms. The minimum absolute atomic E-state index is 0. The highest BCUT2D eigenvalue weighted by Crippen LogP contribution is 2.51. The van der Waals surface area contributed by atoms with Crippen LogP contribution >= 0.6 is 24.8 Å². The molecule has 3 N–H and O–H groups in total. The van der Waals surface area contributed by atoms with Crippen molar-refractivity contribution in [2.24, 2.45) is 0 Å². The van der Waals surface area contributed by atoms with E-state index in [1.807, 2.05) is 0 Å². The molecule has 1 aliphatic rings. The first-order valence-corrected chi connectivity index (χ1v) is 6.54. The number of nitrogens with zero attached hydrogens (tertiary/aromatic N) is 2. The zero-order chi connectivity index (χ0) is 13.3. The fraction of sp³-hybridized carbons (Fsp3) is 0.333. The molecule has 2 aromatic rings. The van der Waals surface area contributed by atoms with Gasteiger partial charge >= 0.3 is 0 Å². The van der Waals surface area contributed by atoms with Crippen LogP contribution in [-0.2, 0) is 6.54 Å². The molecule has 3 rings (SSSR count). The maximum Gasteiger partial charge on any atom is 0.219 e. The van der Waals surface area contributed by atoms with Gasteiger partial charge in [0.1, 0.15) is 0 Å². The number of hydrogen-bond donors (Lipinski definition) is 2. The van der Waals surface area contributed by atoms with E-state index in [1.165, 1.54) is 12.0 Å². The van der Waals surface area contributed by atoms with E-state index < -0.39 is 0 Å². The van der Waals surface area contributed by atoms with Crippen molar-refractivity contribution in [2.45, 2.75) is 31.3 Å². The summed E-state index contributed by atoms with van der Waals surface area (Å²) in [7, 11) is 0. The zero-order valence-corrected chi connectivity index (χ0v) is 13.5. The summed E-state index contributed by atoms with van der Waals surface area (Å²) in [5, 5.41) is 3.60. The van der Waals surface area contributed by atoms with E-state index >= 15 is 0 Å². The van der Waals surface area contributed by atoms with Crippen molar-refractivity contribution in [2.75, 3.05) is 5.73 Å². The van der Waals surface area contributed by atoms with Crippen LogP contribution in [0.15, 0.2) is 42.7 Å². The quantitative estimate of drug-likeness (QED) is 0.906. The first-order chi connectivity index (χ1) is 9.17. The number of rotatable bonds is 4. The van der Waals surface area contributed by atoms with E-state index in [9.17, 15) is 0 Å². The molecule has 6 heteroatoms. The molecule has 114 valence electrons. The molecule has 0 amide bonds. The number of nitrogens with one attached hydrogen (secondary N) is 1.